The van der Waals surface area contributed by atoms with Gasteiger partial charge in [0.25, 0.3) is 0 Å². The van der Waals surface area contributed by atoms with Crippen LogP contribution in [-0.4, -0.2) is 9.97 Å². The normalized spacial score (nSPS) is 10.5. The third kappa shape index (κ3) is 1.91. The minimum atomic E-state index is -0.876. The highest BCUT2D eigenvalue weighted by molar-refractivity contribution is 5.56. The second-order valence-corrected chi connectivity index (χ2v) is 3.67. The Balaban J connectivity index is 2.52. The molecule has 82 valence electrons. The fourth-order valence-corrected chi connectivity index (χ4v) is 1.40. The summed E-state index contributed by atoms with van der Waals surface area (Å²) in [6, 6.07) is 2.64. The van der Waals surface area contributed by atoms with Crippen LogP contribution in [-0.2, 0) is 0 Å². The molecule has 0 aliphatic carbocycles. The Labute approximate surface area is 92.0 Å². The molecule has 0 unspecified atom stereocenters. The monoisotopic (exact) mass is 220 g/mol. The van der Waals surface area contributed by atoms with Crippen LogP contribution in [0.25, 0.3) is 11.4 Å². The minimum Gasteiger partial charge on any atom is -0.236 e. The van der Waals surface area contributed by atoms with Crippen molar-refractivity contribution in [3.63, 3.8) is 0 Å². The predicted octanol–water partition coefficient (Wildman–Crippen LogP) is 3.04. The summed E-state index contributed by atoms with van der Waals surface area (Å²) >= 11 is 0. The molecule has 2 aromatic rings. The highest BCUT2D eigenvalue weighted by Crippen LogP contribution is 2.20. The lowest BCUT2D eigenvalue weighted by Gasteiger charge is -2.03. The fraction of sp³-hybridized carbons (Fsp3) is 0.167. The van der Waals surface area contributed by atoms with Crippen LogP contribution in [0.3, 0.4) is 0 Å². The summed E-state index contributed by atoms with van der Waals surface area (Å²) in [6.07, 6.45) is 3.28. The number of aromatic nitrogens is 2. The Kier molecular flexibility index (Phi) is 2.64. The van der Waals surface area contributed by atoms with Crippen molar-refractivity contribution >= 4 is 0 Å². The molecule has 1 aromatic heterocycles. The van der Waals surface area contributed by atoms with Crippen LogP contribution in [0.15, 0.2) is 24.5 Å². The highest BCUT2D eigenvalue weighted by Gasteiger charge is 2.09. The molecule has 0 saturated heterocycles. The summed E-state index contributed by atoms with van der Waals surface area (Å²) in [5.41, 5.74) is 1.65. The van der Waals surface area contributed by atoms with Crippen molar-refractivity contribution in [3.8, 4) is 11.4 Å². The van der Waals surface area contributed by atoms with Gasteiger partial charge in [0.15, 0.2) is 17.5 Å². The van der Waals surface area contributed by atoms with Crippen LogP contribution in [0, 0.1) is 25.5 Å². The van der Waals surface area contributed by atoms with Crippen molar-refractivity contribution in [2.45, 2.75) is 13.8 Å². The quantitative estimate of drug-likeness (QED) is 0.738. The number of rotatable bonds is 1. The number of benzene rings is 1. The summed E-state index contributed by atoms with van der Waals surface area (Å²) in [6.45, 7) is 3.37. The van der Waals surface area contributed by atoms with Gasteiger partial charge in [-0.05, 0) is 37.1 Å². The maximum atomic E-state index is 13.2. The second kappa shape index (κ2) is 3.96. The number of hydrogen-bond acceptors (Lipinski definition) is 2. The molecule has 0 amide bonds. The summed E-state index contributed by atoms with van der Waals surface area (Å²) in [7, 11) is 0. The molecule has 0 N–H and O–H groups in total. The van der Waals surface area contributed by atoms with Gasteiger partial charge in [0.1, 0.15) is 0 Å². The Morgan fingerprint density at radius 2 is 1.62 bits per heavy atom. The molecule has 16 heavy (non-hydrogen) atoms. The first-order valence-electron chi connectivity index (χ1n) is 4.82. The van der Waals surface area contributed by atoms with Gasteiger partial charge in [-0.15, -0.1) is 0 Å². The summed E-state index contributed by atoms with van der Waals surface area (Å²) in [4.78, 5) is 8.12. The molecule has 0 fully saturated rings. The molecule has 0 atom stereocenters. The number of aryl methyl sites for hydroxylation is 2. The zero-order chi connectivity index (χ0) is 11.7. The largest absolute Gasteiger partial charge is 0.236 e. The van der Waals surface area contributed by atoms with Gasteiger partial charge < -0.3 is 0 Å². The van der Waals surface area contributed by atoms with Crippen LogP contribution in [0.2, 0.25) is 0 Å². The lowest BCUT2D eigenvalue weighted by atomic mass is 10.1. The Morgan fingerprint density at radius 1 is 1.00 bits per heavy atom. The highest BCUT2D eigenvalue weighted by atomic mass is 19.2. The Morgan fingerprint density at radius 3 is 2.19 bits per heavy atom. The van der Waals surface area contributed by atoms with Gasteiger partial charge in [0.05, 0.1) is 0 Å². The molecule has 0 bridgehead atoms. The molecule has 0 spiro atoms. The zero-order valence-electron chi connectivity index (χ0n) is 8.96. The smallest absolute Gasteiger partial charge is 0.161 e. The fourth-order valence-electron chi connectivity index (χ4n) is 1.40. The molecule has 2 rings (SSSR count). The third-order valence-corrected chi connectivity index (χ3v) is 2.25. The van der Waals surface area contributed by atoms with E-state index in [0.717, 1.165) is 11.6 Å². The van der Waals surface area contributed by atoms with Crippen LogP contribution in [0.4, 0.5) is 8.78 Å². The molecule has 2 nitrogen and oxygen atoms in total. The molecule has 0 saturated carbocycles. The first-order chi connectivity index (χ1) is 7.58. The lowest BCUT2D eigenvalue weighted by Crippen LogP contribution is -1.94. The molecular weight excluding hydrogens is 210 g/mol. The topological polar surface area (TPSA) is 25.8 Å². The van der Waals surface area contributed by atoms with Crippen molar-refractivity contribution in [3.05, 3.63) is 47.3 Å². The minimum absolute atomic E-state index is 0.249. The third-order valence-electron chi connectivity index (χ3n) is 2.25. The van der Waals surface area contributed by atoms with Gasteiger partial charge in [0, 0.05) is 18.0 Å². The number of halogens is 2. The van der Waals surface area contributed by atoms with E-state index < -0.39 is 11.6 Å². The van der Waals surface area contributed by atoms with E-state index in [1.54, 1.807) is 12.4 Å². The molecule has 1 aromatic carbocycles. The lowest BCUT2D eigenvalue weighted by molar-refractivity contribution is 0.503. The van der Waals surface area contributed by atoms with E-state index in [-0.39, 0.29) is 5.56 Å². The molecular formula is C12H10F2N2. The Hall–Kier alpha value is -1.84. The van der Waals surface area contributed by atoms with E-state index in [1.807, 2.05) is 6.92 Å². The molecule has 0 aliphatic rings. The number of hydrogen-bond donors (Lipinski definition) is 0. The average Bonchev–Trinajstić information content (AvgIpc) is 2.26. The number of nitrogens with zero attached hydrogens (tertiary/aromatic N) is 2. The van der Waals surface area contributed by atoms with Crippen LogP contribution in [0.1, 0.15) is 11.1 Å². The van der Waals surface area contributed by atoms with Crippen LogP contribution >= 0.6 is 0 Å². The summed E-state index contributed by atoms with van der Waals surface area (Å²) < 4.78 is 26.2. The molecule has 0 aliphatic heterocycles. The van der Waals surface area contributed by atoms with Gasteiger partial charge in [-0.25, -0.2) is 18.7 Å². The maximum Gasteiger partial charge on any atom is 0.161 e. The predicted molar refractivity (Wildman–Crippen MR) is 56.9 cm³/mol. The average molecular weight is 220 g/mol. The maximum absolute atomic E-state index is 13.2. The summed E-state index contributed by atoms with van der Waals surface area (Å²) in [5, 5.41) is 0. The molecule has 4 heteroatoms. The van der Waals surface area contributed by atoms with Crippen molar-refractivity contribution in [1.29, 1.82) is 0 Å². The molecule has 0 radical (unpaired) electrons. The van der Waals surface area contributed by atoms with E-state index in [4.69, 9.17) is 0 Å². The second-order valence-electron chi connectivity index (χ2n) is 3.67. The first kappa shape index (κ1) is 10.7. The van der Waals surface area contributed by atoms with E-state index in [0.29, 0.717) is 11.4 Å². The van der Waals surface area contributed by atoms with Crippen molar-refractivity contribution in [2.24, 2.45) is 0 Å². The SMILES string of the molecule is Cc1cnc(-c2cc(C)c(F)c(F)c2)nc1. The standard InChI is InChI=1S/C12H10F2N2/c1-7-5-15-12(16-6-7)9-3-8(2)11(14)10(13)4-9/h3-6H,1-2H3. The van der Waals surface area contributed by atoms with Crippen molar-refractivity contribution in [1.82, 2.24) is 9.97 Å². The van der Waals surface area contributed by atoms with Gasteiger partial charge in [0.2, 0.25) is 0 Å². The van der Waals surface area contributed by atoms with Crippen LogP contribution < -0.4 is 0 Å². The van der Waals surface area contributed by atoms with E-state index in [2.05, 4.69) is 9.97 Å². The summed E-state index contributed by atoms with van der Waals surface area (Å²) in [5.74, 6) is -1.30. The van der Waals surface area contributed by atoms with E-state index in [1.165, 1.54) is 13.0 Å². The first-order valence-corrected chi connectivity index (χ1v) is 4.82. The van der Waals surface area contributed by atoms with E-state index in [9.17, 15) is 8.78 Å². The van der Waals surface area contributed by atoms with Gasteiger partial charge in [-0.2, -0.15) is 0 Å². The molecule has 1 heterocycles. The van der Waals surface area contributed by atoms with Crippen molar-refractivity contribution in [2.75, 3.05) is 0 Å². The van der Waals surface area contributed by atoms with Gasteiger partial charge in [-0.1, -0.05) is 0 Å². The zero-order valence-corrected chi connectivity index (χ0v) is 8.96. The Bertz CT molecular complexity index is 498. The van der Waals surface area contributed by atoms with E-state index >= 15 is 0 Å². The van der Waals surface area contributed by atoms with Gasteiger partial charge >= 0.3 is 0 Å². The van der Waals surface area contributed by atoms with Gasteiger partial charge in [-0.3, -0.25) is 0 Å². The van der Waals surface area contributed by atoms with Crippen molar-refractivity contribution < 1.29 is 8.78 Å². The van der Waals surface area contributed by atoms with Crippen LogP contribution in [0.5, 0.6) is 0 Å².